The smallest absolute Gasteiger partial charge is 0.296 e. The Morgan fingerprint density at radius 2 is 1.89 bits per heavy atom. The lowest BCUT2D eigenvalue weighted by atomic mass is 10.1. The molecule has 0 atom stereocenters. The normalized spacial score (nSPS) is 14.2. The molecule has 1 aliphatic heterocycles. The number of carbonyl (C=O) groups is 1. The Balaban J connectivity index is 1.75. The molecular weight excluding hydrogens is 438 g/mol. The molecule has 9 heteroatoms. The van der Waals surface area contributed by atoms with Crippen molar-refractivity contribution in [2.45, 2.75) is 0 Å². The number of hydrogen-bond donors (Lipinski definition) is 0. The largest absolute Gasteiger partial charge is 0.496 e. The van der Waals surface area contributed by atoms with Crippen molar-refractivity contribution < 1.29 is 14.5 Å². The highest BCUT2D eigenvalue weighted by atomic mass is 79.9. The molecule has 2 aromatic rings. The molecule has 1 amide bonds. The average molecular weight is 455 g/mol. The van der Waals surface area contributed by atoms with Gasteiger partial charge in [0.15, 0.2) is 0 Å². The number of ether oxygens (including phenoxy) is 1. The third-order valence-electron chi connectivity index (χ3n) is 4.45. The molecule has 0 bridgehead atoms. The lowest BCUT2D eigenvalue weighted by molar-refractivity contribution is -0.384. The number of rotatable bonds is 4. The maximum atomic E-state index is 12.8. The molecule has 3 rings (SSSR count). The third kappa shape index (κ3) is 4.17. The predicted octanol–water partition coefficient (Wildman–Crippen LogP) is 3.98. The van der Waals surface area contributed by atoms with Crippen molar-refractivity contribution >= 4 is 44.8 Å². The van der Waals surface area contributed by atoms with Crippen molar-refractivity contribution in [3.8, 4) is 5.75 Å². The van der Waals surface area contributed by atoms with Crippen LogP contribution in [0, 0.1) is 10.1 Å². The van der Waals surface area contributed by atoms with Crippen LogP contribution in [-0.2, 0) is 0 Å². The standard InChI is InChI=1S/C18H17BrClN3O4/c1-27-13-3-5-16(17(11-13)23(25)26)21-6-8-22(9-7-21)18(24)14-10-12(19)2-4-15(14)20/h2-5,10-11H,6-9H2,1H3. The number of amides is 1. The molecule has 0 aromatic heterocycles. The van der Waals surface area contributed by atoms with E-state index in [2.05, 4.69) is 15.9 Å². The topological polar surface area (TPSA) is 75.9 Å². The van der Waals surface area contributed by atoms with Gasteiger partial charge in [0, 0.05) is 30.7 Å². The zero-order valence-corrected chi connectivity index (χ0v) is 16.9. The van der Waals surface area contributed by atoms with Gasteiger partial charge in [-0.3, -0.25) is 14.9 Å². The number of benzene rings is 2. The molecule has 2 aromatic carbocycles. The maximum absolute atomic E-state index is 12.8. The van der Waals surface area contributed by atoms with Crippen LogP contribution in [0.25, 0.3) is 0 Å². The molecule has 0 aliphatic carbocycles. The lowest BCUT2D eigenvalue weighted by Crippen LogP contribution is -2.49. The van der Waals surface area contributed by atoms with Gasteiger partial charge in [0.2, 0.25) is 0 Å². The number of methoxy groups -OCH3 is 1. The molecule has 27 heavy (non-hydrogen) atoms. The minimum atomic E-state index is -0.420. The van der Waals surface area contributed by atoms with Crippen molar-refractivity contribution in [1.82, 2.24) is 4.90 Å². The highest BCUT2D eigenvalue weighted by Crippen LogP contribution is 2.33. The molecular formula is C18H17BrClN3O4. The van der Waals surface area contributed by atoms with E-state index in [1.54, 1.807) is 35.2 Å². The Hall–Kier alpha value is -2.32. The molecule has 0 spiro atoms. The van der Waals surface area contributed by atoms with Crippen molar-refractivity contribution in [3.63, 3.8) is 0 Å². The molecule has 1 fully saturated rings. The number of anilines is 1. The van der Waals surface area contributed by atoms with Gasteiger partial charge in [-0.15, -0.1) is 0 Å². The summed E-state index contributed by atoms with van der Waals surface area (Å²) in [7, 11) is 1.47. The van der Waals surface area contributed by atoms with Crippen LogP contribution in [-0.4, -0.2) is 49.0 Å². The molecule has 1 heterocycles. The molecule has 1 saturated heterocycles. The van der Waals surface area contributed by atoms with Crippen LogP contribution in [0.2, 0.25) is 5.02 Å². The van der Waals surface area contributed by atoms with Gasteiger partial charge in [0.25, 0.3) is 11.6 Å². The van der Waals surface area contributed by atoms with E-state index in [1.165, 1.54) is 13.2 Å². The van der Waals surface area contributed by atoms with E-state index in [1.807, 2.05) is 4.90 Å². The zero-order valence-electron chi connectivity index (χ0n) is 14.5. The molecule has 142 valence electrons. The second kappa shape index (κ2) is 8.14. The fourth-order valence-corrected chi connectivity index (χ4v) is 3.59. The number of carbonyl (C=O) groups excluding carboxylic acids is 1. The molecule has 1 aliphatic rings. The summed E-state index contributed by atoms with van der Waals surface area (Å²) in [6, 6.07) is 9.94. The Kier molecular flexibility index (Phi) is 5.86. The summed E-state index contributed by atoms with van der Waals surface area (Å²) in [6.45, 7) is 1.88. The van der Waals surface area contributed by atoms with E-state index in [0.717, 1.165) is 4.47 Å². The van der Waals surface area contributed by atoms with Crippen LogP contribution in [0.1, 0.15) is 10.4 Å². The van der Waals surface area contributed by atoms with Crippen LogP contribution in [0.4, 0.5) is 11.4 Å². The van der Waals surface area contributed by atoms with Gasteiger partial charge in [0.05, 0.1) is 28.7 Å². The molecule has 0 N–H and O–H groups in total. The van der Waals surface area contributed by atoms with Crippen LogP contribution >= 0.6 is 27.5 Å². The number of piperazine rings is 1. The number of nitro benzene ring substituents is 1. The second-order valence-electron chi connectivity index (χ2n) is 6.02. The van der Waals surface area contributed by atoms with Crippen molar-refractivity contribution in [2.24, 2.45) is 0 Å². The Bertz CT molecular complexity index is 885. The van der Waals surface area contributed by atoms with Gasteiger partial charge < -0.3 is 14.5 Å². The Morgan fingerprint density at radius 3 is 2.52 bits per heavy atom. The van der Waals surface area contributed by atoms with Gasteiger partial charge >= 0.3 is 0 Å². The van der Waals surface area contributed by atoms with Gasteiger partial charge in [-0.25, -0.2) is 0 Å². The van der Waals surface area contributed by atoms with E-state index in [4.69, 9.17) is 16.3 Å². The summed E-state index contributed by atoms with van der Waals surface area (Å²) in [5, 5.41) is 11.8. The van der Waals surface area contributed by atoms with E-state index in [-0.39, 0.29) is 11.6 Å². The minimum Gasteiger partial charge on any atom is -0.496 e. The second-order valence-corrected chi connectivity index (χ2v) is 7.34. The van der Waals surface area contributed by atoms with Crippen molar-refractivity contribution in [2.75, 3.05) is 38.2 Å². The van der Waals surface area contributed by atoms with Crippen LogP contribution in [0.5, 0.6) is 5.75 Å². The van der Waals surface area contributed by atoms with E-state index in [0.29, 0.717) is 48.2 Å². The fourth-order valence-electron chi connectivity index (χ4n) is 3.03. The summed E-state index contributed by atoms with van der Waals surface area (Å²) in [6.07, 6.45) is 0. The first-order valence-electron chi connectivity index (χ1n) is 8.22. The van der Waals surface area contributed by atoms with Gasteiger partial charge in [-0.1, -0.05) is 27.5 Å². The summed E-state index contributed by atoms with van der Waals surface area (Å²) >= 11 is 9.50. The monoisotopic (exact) mass is 453 g/mol. The minimum absolute atomic E-state index is 0.0100. The first-order valence-corrected chi connectivity index (χ1v) is 9.39. The lowest BCUT2D eigenvalue weighted by Gasteiger charge is -2.36. The summed E-state index contributed by atoms with van der Waals surface area (Å²) in [4.78, 5) is 27.3. The first-order chi connectivity index (χ1) is 12.9. The maximum Gasteiger partial charge on any atom is 0.296 e. The average Bonchev–Trinajstić information content (AvgIpc) is 2.69. The summed E-state index contributed by atoms with van der Waals surface area (Å²) in [5.74, 6) is 0.286. The van der Waals surface area contributed by atoms with Gasteiger partial charge in [0.1, 0.15) is 11.4 Å². The van der Waals surface area contributed by atoms with Crippen LogP contribution in [0.3, 0.4) is 0 Å². The highest BCUT2D eigenvalue weighted by Gasteiger charge is 2.27. The van der Waals surface area contributed by atoms with E-state index in [9.17, 15) is 14.9 Å². The summed E-state index contributed by atoms with van der Waals surface area (Å²) < 4.78 is 5.85. The number of nitro groups is 1. The molecule has 0 radical (unpaired) electrons. The number of halogens is 2. The first kappa shape index (κ1) is 19.4. The highest BCUT2D eigenvalue weighted by molar-refractivity contribution is 9.10. The SMILES string of the molecule is COc1ccc(N2CCN(C(=O)c3cc(Br)ccc3Cl)CC2)c([N+](=O)[O-])c1. The Labute approximate surface area is 169 Å². The summed E-state index contributed by atoms with van der Waals surface area (Å²) in [5.41, 5.74) is 0.951. The molecule has 7 nitrogen and oxygen atoms in total. The molecule has 0 unspecified atom stereocenters. The zero-order chi connectivity index (χ0) is 19.6. The number of hydrogen-bond acceptors (Lipinski definition) is 5. The quantitative estimate of drug-likeness (QED) is 0.516. The van der Waals surface area contributed by atoms with Crippen molar-refractivity contribution in [1.29, 1.82) is 0 Å². The number of nitrogens with zero attached hydrogens (tertiary/aromatic N) is 3. The van der Waals surface area contributed by atoms with E-state index < -0.39 is 4.92 Å². The predicted molar refractivity (Wildman–Crippen MR) is 107 cm³/mol. The Morgan fingerprint density at radius 1 is 1.19 bits per heavy atom. The van der Waals surface area contributed by atoms with Crippen LogP contribution < -0.4 is 9.64 Å². The van der Waals surface area contributed by atoms with Gasteiger partial charge in [-0.05, 0) is 30.3 Å². The third-order valence-corrected chi connectivity index (χ3v) is 5.27. The van der Waals surface area contributed by atoms with E-state index >= 15 is 0 Å². The fraction of sp³-hybridized carbons (Fsp3) is 0.278. The molecule has 0 saturated carbocycles. The van der Waals surface area contributed by atoms with Gasteiger partial charge in [-0.2, -0.15) is 0 Å². The van der Waals surface area contributed by atoms with Crippen LogP contribution in [0.15, 0.2) is 40.9 Å². The van der Waals surface area contributed by atoms with Crippen molar-refractivity contribution in [3.05, 3.63) is 61.6 Å².